The van der Waals surface area contributed by atoms with Crippen LogP contribution in [0.25, 0.3) is 9.88 Å². The molecule has 0 saturated carbocycles. The minimum absolute atomic E-state index is 0.0761. The van der Waals surface area contributed by atoms with Gasteiger partial charge in [0, 0.05) is 21.8 Å². The molecule has 4 nitrogen and oxygen atoms in total. The van der Waals surface area contributed by atoms with Crippen molar-refractivity contribution in [3.63, 3.8) is 0 Å². The third kappa shape index (κ3) is 5.12. The molecule has 0 aromatic carbocycles. The number of thiazole rings is 1. The lowest BCUT2D eigenvalue weighted by Crippen LogP contribution is -2.33. The molecule has 0 atom stereocenters. The Balaban J connectivity index is 1.41. The van der Waals surface area contributed by atoms with Crippen molar-refractivity contribution in [1.82, 2.24) is 15.2 Å². The largest absolute Gasteiger partial charge is 0.356 e. The van der Waals surface area contributed by atoms with Gasteiger partial charge in [0.15, 0.2) is 0 Å². The van der Waals surface area contributed by atoms with Crippen LogP contribution in [0.3, 0.4) is 0 Å². The molecule has 0 unspecified atom stereocenters. The van der Waals surface area contributed by atoms with Crippen LogP contribution in [0.5, 0.6) is 0 Å². The summed E-state index contributed by atoms with van der Waals surface area (Å²) in [4.78, 5) is 20.2. The van der Waals surface area contributed by atoms with Crippen LogP contribution >= 0.6 is 38.6 Å². The van der Waals surface area contributed by atoms with Gasteiger partial charge in [-0.15, -0.1) is 22.7 Å². The second kappa shape index (κ2) is 8.56. The molecule has 3 heterocycles. The minimum atomic E-state index is 0.0761. The molecule has 130 valence electrons. The summed E-state index contributed by atoms with van der Waals surface area (Å²) in [5.74, 6) is 0.830. The SMILES string of the molecule is CN1CCC(CCNC(=O)Cc2csc(-c3cc(Br)cs3)n2)CC1. The number of hydrogen-bond donors (Lipinski definition) is 1. The van der Waals surface area contributed by atoms with Crippen LogP contribution in [-0.2, 0) is 11.2 Å². The summed E-state index contributed by atoms with van der Waals surface area (Å²) in [5, 5.41) is 8.07. The maximum Gasteiger partial charge on any atom is 0.226 e. The number of aromatic nitrogens is 1. The quantitative estimate of drug-likeness (QED) is 0.756. The second-order valence-corrected chi connectivity index (χ2v) is 9.02. The van der Waals surface area contributed by atoms with Crippen molar-refractivity contribution in [3.05, 3.63) is 27.0 Å². The van der Waals surface area contributed by atoms with Crippen molar-refractivity contribution >= 4 is 44.5 Å². The maximum absolute atomic E-state index is 12.1. The summed E-state index contributed by atoms with van der Waals surface area (Å²) < 4.78 is 1.07. The molecule has 1 amide bonds. The van der Waals surface area contributed by atoms with E-state index in [2.05, 4.69) is 44.2 Å². The molecule has 2 aromatic heterocycles. The van der Waals surface area contributed by atoms with E-state index < -0.39 is 0 Å². The lowest BCUT2D eigenvalue weighted by molar-refractivity contribution is -0.120. The first-order valence-corrected chi connectivity index (χ1v) is 10.8. The van der Waals surface area contributed by atoms with Crippen LogP contribution in [0.15, 0.2) is 21.3 Å². The first kappa shape index (κ1) is 18.0. The fourth-order valence-corrected chi connectivity index (χ4v) is 5.25. The molecule has 0 bridgehead atoms. The molecule has 1 aliphatic rings. The normalized spacial score (nSPS) is 16.4. The Morgan fingerprint density at radius 1 is 1.38 bits per heavy atom. The number of thiophene rings is 1. The molecular formula is C17H22BrN3OS2. The topological polar surface area (TPSA) is 45.2 Å². The maximum atomic E-state index is 12.1. The van der Waals surface area contributed by atoms with E-state index in [-0.39, 0.29) is 5.91 Å². The van der Waals surface area contributed by atoms with E-state index in [0.29, 0.717) is 6.42 Å². The highest BCUT2D eigenvalue weighted by molar-refractivity contribution is 9.10. The van der Waals surface area contributed by atoms with E-state index >= 15 is 0 Å². The van der Waals surface area contributed by atoms with Gasteiger partial charge < -0.3 is 10.2 Å². The minimum Gasteiger partial charge on any atom is -0.356 e. The predicted molar refractivity (Wildman–Crippen MR) is 105 cm³/mol. The third-order valence-corrected chi connectivity index (χ3v) is 7.14. The monoisotopic (exact) mass is 427 g/mol. The van der Waals surface area contributed by atoms with E-state index in [1.807, 2.05) is 10.8 Å². The summed E-state index contributed by atoms with van der Waals surface area (Å²) in [5.41, 5.74) is 0.858. The fraction of sp³-hybridized carbons (Fsp3) is 0.529. The van der Waals surface area contributed by atoms with E-state index in [1.165, 1.54) is 25.9 Å². The number of nitrogens with one attached hydrogen (secondary N) is 1. The molecule has 1 saturated heterocycles. The number of piperidine rings is 1. The lowest BCUT2D eigenvalue weighted by Gasteiger charge is -2.28. The van der Waals surface area contributed by atoms with Gasteiger partial charge in [-0.2, -0.15) is 0 Å². The van der Waals surface area contributed by atoms with Gasteiger partial charge in [0.05, 0.1) is 17.0 Å². The molecule has 0 aliphatic carbocycles. The summed E-state index contributed by atoms with van der Waals surface area (Å²) in [6.07, 6.45) is 3.96. The molecule has 1 aliphatic heterocycles. The number of nitrogens with zero attached hydrogens (tertiary/aromatic N) is 2. The Morgan fingerprint density at radius 2 is 2.17 bits per heavy atom. The van der Waals surface area contributed by atoms with Crippen molar-refractivity contribution in [2.45, 2.75) is 25.7 Å². The zero-order chi connectivity index (χ0) is 16.9. The molecule has 0 radical (unpaired) electrons. The van der Waals surface area contributed by atoms with Crippen LogP contribution in [0.4, 0.5) is 0 Å². The molecule has 3 rings (SSSR count). The van der Waals surface area contributed by atoms with Gasteiger partial charge in [-0.05, 0) is 67.3 Å². The van der Waals surface area contributed by atoms with Crippen LogP contribution < -0.4 is 5.32 Å². The number of likely N-dealkylation sites (tertiary alicyclic amines) is 1. The van der Waals surface area contributed by atoms with Gasteiger partial charge in [-0.3, -0.25) is 4.79 Å². The zero-order valence-corrected chi connectivity index (χ0v) is 17.0. The molecule has 0 spiro atoms. The average Bonchev–Trinajstić information content (AvgIpc) is 3.18. The predicted octanol–water partition coefficient (Wildman–Crippen LogP) is 4.02. The second-order valence-electron chi connectivity index (χ2n) is 6.34. The third-order valence-electron chi connectivity index (χ3n) is 4.38. The highest BCUT2D eigenvalue weighted by Gasteiger charge is 2.16. The van der Waals surface area contributed by atoms with Crippen molar-refractivity contribution in [2.75, 3.05) is 26.7 Å². The molecule has 7 heteroatoms. The summed E-state index contributed by atoms with van der Waals surface area (Å²) in [7, 11) is 2.18. The molecule has 24 heavy (non-hydrogen) atoms. The van der Waals surface area contributed by atoms with Crippen LogP contribution in [0, 0.1) is 5.92 Å². The Labute approximate surface area is 159 Å². The first-order valence-electron chi connectivity index (χ1n) is 8.24. The Kier molecular flexibility index (Phi) is 6.43. The van der Waals surface area contributed by atoms with Gasteiger partial charge in [0.25, 0.3) is 0 Å². The smallest absolute Gasteiger partial charge is 0.226 e. The number of rotatable bonds is 6. The van der Waals surface area contributed by atoms with Gasteiger partial charge in [0.1, 0.15) is 5.01 Å². The average molecular weight is 428 g/mol. The first-order chi connectivity index (χ1) is 11.6. The Bertz CT molecular complexity index is 677. The molecule has 1 N–H and O–H groups in total. The highest BCUT2D eigenvalue weighted by atomic mass is 79.9. The number of carbonyl (C=O) groups excluding carboxylic acids is 1. The number of hydrogen-bond acceptors (Lipinski definition) is 5. The van der Waals surface area contributed by atoms with Crippen LogP contribution in [0.1, 0.15) is 25.0 Å². The van der Waals surface area contributed by atoms with Crippen molar-refractivity contribution in [2.24, 2.45) is 5.92 Å². The summed E-state index contributed by atoms with van der Waals surface area (Å²) >= 11 is 6.72. The van der Waals surface area contributed by atoms with E-state index in [9.17, 15) is 4.79 Å². The standard InChI is InChI=1S/C17H22BrN3OS2/c1-21-6-3-12(4-7-21)2-5-19-16(22)9-14-11-24-17(20-14)15-8-13(18)10-23-15/h8,10-12H,2-7,9H2,1H3,(H,19,22). The van der Waals surface area contributed by atoms with Crippen LogP contribution in [-0.4, -0.2) is 42.5 Å². The Hall–Kier alpha value is -0.760. The zero-order valence-electron chi connectivity index (χ0n) is 13.8. The number of carbonyl (C=O) groups is 1. The van der Waals surface area contributed by atoms with Gasteiger partial charge in [0.2, 0.25) is 5.91 Å². The Morgan fingerprint density at radius 3 is 2.88 bits per heavy atom. The summed E-state index contributed by atoms with van der Waals surface area (Å²) in [6, 6.07) is 2.06. The van der Waals surface area contributed by atoms with Crippen molar-refractivity contribution < 1.29 is 4.79 Å². The van der Waals surface area contributed by atoms with E-state index in [0.717, 1.165) is 38.9 Å². The van der Waals surface area contributed by atoms with E-state index in [4.69, 9.17) is 0 Å². The van der Waals surface area contributed by atoms with Crippen molar-refractivity contribution in [1.29, 1.82) is 0 Å². The van der Waals surface area contributed by atoms with Crippen LogP contribution in [0.2, 0.25) is 0 Å². The van der Waals surface area contributed by atoms with Crippen molar-refractivity contribution in [3.8, 4) is 9.88 Å². The molecular weight excluding hydrogens is 406 g/mol. The van der Waals surface area contributed by atoms with Gasteiger partial charge in [-0.1, -0.05) is 0 Å². The lowest BCUT2D eigenvalue weighted by atomic mass is 9.94. The molecule has 1 fully saturated rings. The van der Waals surface area contributed by atoms with Gasteiger partial charge in [-0.25, -0.2) is 4.98 Å². The summed E-state index contributed by atoms with van der Waals surface area (Å²) in [6.45, 7) is 3.14. The number of halogens is 1. The van der Waals surface area contributed by atoms with Gasteiger partial charge >= 0.3 is 0 Å². The number of amides is 1. The molecule has 2 aromatic rings. The van der Waals surface area contributed by atoms with E-state index in [1.54, 1.807) is 22.7 Å². The fourth-order valence-electron chi connectivity index (χ4n) is 2.92. The highest BCUT2D eigenvalue weighted by Crippen LogP contribution is 2.32.